The molecule has 0 saturated carbocycles. The number of anilines is 1. The maximum absolute atomic E-state index is 13.3. The third-order valence-corrected chi connectivity index (χ3v) is 5.39. The van der Waals surface area contributed by atoms with E-state index in [9.17, 15) is 4.79 Å². The topological polar surface area (TPSA) is 46.3 Å². The summed E-state index contributed by atoms with van der Waals surface area (Å²) < 4.78 is 5.60. The van der Waals surface area contributed by atoms with Crippen LogP contribution < -0.4 is 4.90 Å². The molecule has 4 aromatic rings. The molecule has 0 saturated heterocycles. The lowest BCUT2D eigenvalue weighted by Gasteiger charge is -2.29. The van der Waals surface area contributed by atoms with Gasteiger partial charge in [0.05, 0.1) is 5.39 Å². The van der Waals surface area contributed by atoms with Crippen molar-refractivity contribution in [2.24, 2.45) is 0 Å². The fraction of sp³-hybridized carbons (Fsp3) is 0.167. The van der Waals surface area contributed by atoms with E-state index in [2.05, 4.69) is 18.1 Å². The molecule has 28 heavy (non-hydrogen) atoms. The van der Waals surface area contributed by atoms with Gasteiger partial charge in [0.2, 0.25) is 0 Å². The van der Waals surface area contributed by atoms with Gasteiger partial charge in [0.1, 0.15) is 5.52 Å². The number of para-hydroxylation sites is 1. The van der Waals surface area contributed by atoms with Crippen LogP contribution in [0, 0.1) is 6.92 Å². The molecule has 138 valence electrons. The van der Waals surface area contributed by atoms with E-state index in [0.29, 0.717) is 11.3 Å². The van der Waals surface area contributed by atoms with E-state index in [0.717, 1.165) is 41.5 Å². The first-order chi connectivity index (χ1) is 13.7. The highest BCUT2D eigenvalue weighted by molar-refractivity contribution is 6.09. The third kappa shape index (κ3) is 2.78. The fourth-order valence-corrected chi connectivity index (χ4v) is 3.89. The van der Waals surface area contributed by atoms with Crippen LogP contribution in [0.3, 0.4) is 0 Å². The highest BCUT2D eigenvalue weighted by Crippen LogP contribution is 2.32. The number of rotatable bonds is 2. The second-order valence-electron chi connectivity index (χ2n) is 7.30. The quantitative estimate of drug-likeness (QED) is 0.476. The second-order valence-corrected chi connectivity index (χ2v) is 7.30. The standard InChI is InChI=1S/C24H20N2O2/c1-16-8-10-18(11-9-16)23-20-15-19(12-13-21(20)25-28-23)24(27)26-14-4-6-17-5-2-3-7-22(17)26/h2-3,5,7-13,15H,4,6,14H2,1H3. The van der Waals surface area contributed by atoms with Gasteiger partial charge in [0, 0.05) is 23.4 Å². The first kappa shape index (κ1) is 16.8. The maximum atomic E-state index is 13.3. The van der Waals surface area contributed by atoms with Crippen molar-refractivity contribution in [2.75, 3.05) is 11.4 Å². The predicted octanol–water partition coefficient (Wildman–Crippen LogP) is 5.40. The number of hydrogen-bond donors (Lipinski definition) is 0. The average Bonchev–Trinajstić information content (AvgIpc) is 3.16. The Kier molecular flexibility index (Phi) is 3.97. The van der Waals surface area contributed by atoms with E-state index in [1.54, 1.807) is 0 Å². The largest absolute Gasteiger partial charge is 0.355 e. The first-order valence-electron chi connectivity index (χ1n) is 9.57. The zero-order valence-corrected chi connectivity index (χ0v) is 15.7. The Morgan fingerprint density at radius 1 is 1.04 bits per heavy atom. The van der Waals surface area contributed by atoms with Crippen LogP contribution in [0.15, 0.2) is 71.3 Å². The molecule has 4 heteroatoms. The van der Waals surface area contributed by atoms with Crippen molar-refractivity contribution in [3.8, 4) is 11.3 Å². The normalized spacial score (nSPS) is 13.5. The number of benzene rings is 3. The van der Waals surface area contributed by atoms with Crippen LogP contribution in [0.5, 0.6) is 0 Å². The Morgan fingerprint density at radius 2 is 1.86 bits per heavy atom. The molecule has 0 radical (unpaired) electrons. The lowest BCUT2D eigenvalue weighted by Crippen LogP contribution is -2.35. The monoisotopic (exact) mass is 368 g/mol. The summed E-state index contributed by atoms with van der Waals surface area (Å²) >= 11 is 0. The summed E-state index contributed by atoms with van der Waals surface area (Å²) in [5.41, 5.74) is 5.80. The Bertz CT molecular complexity index is 1170. The molecule has 4 nitrogen and oxygen atoms in total. The highest BCUT2D eigenvalue weighted by atomic mass is 16.5. The van der Waals surface area contributed by atoms with Crippen LogP contribution in [-0.4, -0.2) is 17.6 Å². The molecule has 0 N–H and O–H groups in total. The molecule has 0 aliphatic carbocycles. The van der Waals surface area contributed by atoms with Crippen molar-refractivity contribution in [1.82, 2.24) is 5.16 Å². The predicted molar refractivity (Wildman–Crippen MR) is 111 cm³/mol. The van der Waals surface area contributed by atoms with Crippen molar-refractivity contribution < 1.29 is 9.32 Å². The molecular formula is C24H20N2O2. The van der Waals surface area contributed by atoms with E-state index in [1.165, 1.54) is 11.1 Å². The van der Waals surface area contributed by atoms with Crippen molar-refractivity contribution in [3.05, 3.63) is 83.4 Å². The lowest BCUT2D eigenvalue weighted by atomic mass is 10.00. The van der Waals surface area contributed by atoms with Crippen LogP contribution in [0.4, 0.5) is 5.69 Å². The summed E-state index contributed by atoms with van der Waals surface area (Å²) in [5.74, 6) is 0.716. The van der Waals surface area contributed by atoms with Gasteiger partial charge in [-0.3, -0.25) is 4.79 Å². The van der Waals surface area contributed by atoms with Crippen molar-refractivity contribution in [3.63, 3.8) is 0 Å². The zero-order chi connectivity index (χ0) is 19.1. The summed E-state index contributed by atoms with van der Waals surface area (Å²) in [4.78, 5) is 15.2. The number of carbonyl (C=O) groups excluding carboxylic acids is 1. The minimum atomic E-state index is 0.0186. The number of aryl methyl sites for hydroxylation is 2. The summed E-state index contributed by atoms with van der Waals surface area (Å²) in [5, 5.41) is 5.03. The zero-order valence-electron chi connectivity index (χ0n) is 15.7. The van der Waals surface area contributed by atoms with Gasteiger partial charge >= 0.3 is 0 Å². The Balaban J connectivity index is 1.56. The summed E-state index contributed by atoms with van der Waals surface area (Å²) in [6.07, 6.45) is 2.00. The van der Waals surface area contributed by atoms with Crippen LogP contribution in [0.1, 0.15) is 27.9 Å². The summed E-state index contributed by atoms with van der Waals surface area (Å²) in [6, 6.07) is 21.9. The Hall–Kier alpha value is -3.40. The Morgan fingerprint density at radius 3 is 2.71 bits per heavy atom. The first-order valence-corrected chi connectivity index (χ1v) is 9.57. The van der Waals surface area contributed by atoms with Crippen LogP contribution in [-0.2, 0) is 6.42 Å². The van der Waals surface area contributed by atoms with Gasteiger partial charge in [-0.1, -0.05) is 53.2 Å². The molecule has 0 fully saturated rings. The van der Waals surface area contributed by atoms with Crippen molar-refractivity contribution in [1.29, 1.82) is 0 Å². The smallest absolute Gasteiger partial charge is 0.258 e. The van der Waals surface area contributed by atoms with Crippen LogP contribution in [0.2, 0.25) is 0 Å². The average molecular weight is 368 g/mol. The molecule has 0 spiro atoms. The number of carbonyl (C=O) groups is 1. The number of amides is 1. The van der Waals surface area contributed by atoms with Crippen molar-refractivity contribution >= 4 is 22.5 Å². The minimum absolute atomic E-state index is 0.0186. The molecule has 1 aliphatic rings. The molecule has 0 bridgehead atoms. The van der Waals surface area contributed by atoms with Crippen LogP contribution >= 0.6 is 0 Å². The molecule has 0 atom stereocenters. The van der Waals surface area contributed by atoms with E-state index in [4.69, 9.17) is 4.52 Å². The number of nitrogens with zero attached hydrogens (tertiary/aromatic N) is 2. The van der Waals surface area contributed by atoms with E-state index in [-0.39, 0.29) is 5.91 Å². The number of hydrogen-bond acceptors (Lipinski definition) is 3. The van der Waals surface area contributed by atoms with Crippen molar-refractivity contribution in [2.45, 2.75) is 19.8 Å². The van der Waals surface area contributed by atoms with E-state index in [1.807, 2.05) is 65.6 Å². The van der Waals surface area contributed by atoms with Gasteiger partial charge in [-0.15, -0.1) is 0 Å². The second kappa shape index (κ2) is 6.64. The highest BCUT2D eigenvalue weighted by Gasteiger charge is 2.24. The SMILES string of the molecule is Cc1ccc(-c2onc3ccc(C(=O)N4CCCc5ccccc54)cc23)cc1. The van der Waals surface area contributed by atoms with Gasteiger partial charge in [-0.05, 0) is 49.6 Å². The van der Waals surface area contributed by atoms with E-state index >= 15 is 0 Å². The summed E-state index contributed by atoms with van der Waals surface area (Å²) in [7, 11) is 0. The van der Waals surface area contributed by atoms with Gasteiger partial charge in [-0.25, -0.2) is 0 Å². The van der Waals surface area contributed by atoms with E-state index < -0.39 is 0 Å². The molecule has 1 amide bonds. The van der Waals surface area contributed by atoms with Crippen LogP contribution in [0.25, 0.3) is 22.2 Å². The summed E-state index contributed by atoms with van der Waals surface area (Å²) in [6.45, 7) is 2.79. The van der Waals surface area contributed by atoms with Gasteiger partial charge in [0.25, 0.3) is 5.91 Å². The minimum Gasteiger partial charge on any atom is -0.355 e. The maximum Gasteiger partial charge on any atom is 0.258 e. The molecule has 0 unspecified atom stereocenters. The molecule has 5 rings (SSSR count). The van der Waals surface area contributed by atoms with Gasteiger partial charge in [-0.2, -0.15) is 0 Å². The molecule has 1 aromatic heterocycles. The van der Waals surface area contributed by atoms with Gasteiger partial charge < -0.3 is 9.42 Å². The third-order valence-electron chi connectivity index (χ3n) is 5.39. The molecule has 3 aromatic carbocycles. The number of fused-ring (bicyclic) bond motifs is 2. The van der Waals surface area contributed by atoms with Gasteiger partial charge in [0.15, 0.2) is 5.76 Å². The molecular weight excluding hydrogens is 348 g/mol. The molecule has 1 aliphatic heterocycles. The Labute approximate surface area is 163 Å². The lowest BCUT2D eigenvalue weighted by molar-refractivity contribution is 0.0985. The molecule has 2 heterocycles. The number of aromatic nitrogens is 1. The fourth-order valence-electron chi connectivity index (χ4n) is 3.89.